The fourth-order valence-electron chi connectivity index (χ4n) is 3.43. The number of likely N-dealkylation sites (tertiary alicyclic amines) is 1. The van der Waals surface area contributed by atoms with Crippen molar-refractivity contribution in [2.45, 2.75) is 38.7 Å². The number of amides is 1. The summed E-state index contributed by atoms with van der Waals surface area (Å²) in [5, 5.41) is 1.54. The molecule has 7 heteroatoms. The first-order valence-corrected chi connectivity index (χ1v) is 10.7. The van der Waals surface area contributed by atoms with Crippen LogP contribution in [0.5, 0.6) is 5.88 Å². The lowest BCUT2D eigenvalue weighted by Gasteiger charge is -2.31. The average Bonchev–Trinajstić information content (AvgIpc) is 3.13. The van der Waals surface area contributed by atoms with Gasteiger partial charge in [-0.25, -0.2) is 9.97 Å². The number of pyridine rings is 1. The third-order valence-electron chi connectivity index (χ3n) is 4.84. The van der Waals surface area contributed by atoms with Crippen LogP contribution in [0.1, 0.15) is 48.0 Å². The van der Waals surface area contributed by atoms with Crippen LogP contribution in [-0.4, -0.2) is 40.0 Å². The van der Waals surface area contributed by atoms with Crippen molar-refractivity contribution in [3.8, 4) is 5.88 Å². The number of hydrogen-bond acceptors (Lipinski definition) is 5. The van der Waals surface area contributed by atoms with E-state index in [0.717, 1.165) is 18.4 Å². The molecule has 28 heavy (non-hydrogen) atoms. The Morgan fingerprint density at radius 2 is 2.04 bits per heavy atom. The van der Waals surface area contributed by atoms with Gasteiger partial charge in [0.15, 0.2) is 0 Å². The minimum Gasteiger partial charge on any atom is -0.474 e. The van der Waals surface area contributed by atoms with E-state index in [9.17, 15) is 4.79 Å². The highest BCUT2D eigenvalue weighted by Crippen LogP contribution is 2.34. The van der Waals surface area contributed by atoms with Gasteiger partial charge in [-0.05, 0) is 44.9 Å². The van der Waals surface area contributed by atoms with E-state index in [0.29, 0.717) is 35.5 Å². The Morgan fingerprint density at radius 1 is 1.29 bits per heavy atom. The predicted octanol–water partition coefficient (Wildman–Crippen LogP) is 5.15. The van der Waals surface area contributed by atoms with E-state index in [1.54, 1.807) is 23.6 Å². The molecule has 5 nitrogen and oxygen atoms in total. The molecule has 3 aromatic rings. The molecule has 1 amide bonds. The Hall–Kier alpha value is -2.18. The summed E-state index contributed by atoms with van der Waals surface area (Å²) in [6.07, 6.45) is 3.36. The van der Waals surface area contributed by atoms with Gasteiger partial charge >= 0.3 is 0 Å². The molecule has 1 aromatic carbocycles. The summed E-state index contributed by atoms with van der Waals surface area (Å²) < 4.78 is 6.76. The smallest absolute Gasteiger partial charge is 0.255 e. The first kappa shape index (κ1) is 19.2. The van der Waals surface area contributed by atoms with E-state index >= 15 is 0 Å². The number of carbonyl (C=O) groups excluding carboxylic acids is 1. The molecule has 146 valence electrons. The second kappa shape index (κ2) is 8.05. The zero-order chi connectivity index (χ0) is 19.7. The summed E-state index contributed by atoms with van der Waals surface area (Å²) in [4.78, 5) is 23.7. The van der Waals surface area contributed by atoms with Crippen LogP contribution >= 0.6 is 22.9 Å². The molecule has 0 radical (unpaired) electrons. The van der Waals surface area contributed by atoms with Crippen molar-refractivity contribution in [1.82, 2.24) is 14.9 Å². The molecule has 1 fully saturated rings. The minimum absolute atomic E-state index is 0.0203. The van der Waals surface area contributed by atoms with Crippen molar-refractivity contribution in [2.75, 3.05) is 13.1 Å². The summed E-state index contributed by atoms with van der Waals surface area (Å²) in [7, 11) is 0. The number of halogens is 1. The van der Waals surface area contributed by atoms with Gasteiger partial charge in [0.25, 0.3) is 5.91 Å². The van der Waals surface area contributed by atoms with Gasteiger partial charge in [-0.2, -0.15) is 0 Å². The fourth-order valence-corrected chi connectivity index (χ4v) is 4.78. The molecule has 1 aliphatic rings. The highest BCUT2D eigenvalue weighted by atomic mass is 35.5. The fraction of sp³-hybridized carbons (Fsp3) is 0.381. The van der Waals surface area contributed by atoms with Crippen LogP contribution < -0.4 is 4.74 Å². The zero-order valence-corrected chi connectivity index (χ0v) is 17.5. The van der Waals surface area contributed by atoms with Gasteiger partial charge in [-0.15, -0.1) is 11.3 Å². The van der Waals surface area contributed by atoms with Crippen LogP contribution in [0.2, 0.25) is 5.02 Å². The third kappa shape index (κ3) is 3.98. The lowest BCUT2D eigenvalue weighted by molar-refractivity contribution is 0.0712. The van der Waals surface area contributed by atoms with Crippen LogP contribution in [0.4, 0.5) is 0 Å². The van der Waals surface area contributed by atoms with Crippen molar-refractivity contribution in [2.24, 2.45) is 0 Å². The topological polar surface area (TPSA) is 55.3 Å². The molecular weight excluding hydrogens is 394 g/mol. The molecule has 0 aliphatic carbocycles. The molecule has 0 spiro atoms. The van der Waals surface area contributed by atoms with Crippen LogP contribution in [0.15, 0.2) is 36.5 Å². The van der Waals surface area contributed by atoms with Crippen LogP contribution in [0.3, 0.4) is 0 Å². The Balaban J connectivity index is 1.41. The van der Waals surface area contributed by atoms with Gasteiger partial charge in [0.2, 0.25) is 5.88 Å². The van der Waals surface area contributed by atoms with Crippen LogP contribution in [-0.2, 0) is 0 Å². The lowest BCUT2D eigenvalue weighted by atomic mass is 9.97. The normalized spacial score (nSPS) is 15.4. The number of ether oxygens (including phenoxy) is 1. The van der Waals surface area contributed by atoms with E-state index < -0.39 is 0 Å². The molecule has 2 aromatic heterocycles. The van der Waals surface area contributed by atoms with Crippen LogP contribution in [0.25, 0.3) is 10.2 Å². The molecule has 1 aliphatic heterocycles. The molecule has 1 saturated heterocycles. The quantitative estimate of drug-likeness (QED) is 0.591. The van der Waals surface area contributed by atoms with Crippen molar-refractivity contribution in [3.63, 3.8) is 0 Å². The molecule has 3 heterocycles. The van der Waals surface area contributed by atoms with Gasteiger partial charge in [0.1, 0.15) is 5.02 Å². The number of fused-ring (bicyclic) bond motifs is 1. The molecule has 4 rings (SSSR count). The summed E-state index contributed by atoms with van der Waals surface area (Å²) >= 11 is 8.00. The number of hydrogen-bond donors (Lipinski definition) is 0. The Morgan fingerprint density at radius 3 is 2.71 bits per heavy atom. The van der Waals surface area contributed by atoms with Crippen LogP contribution in [0, 0.1) is 0 Å². The molecule has 0 bridgehead atoms. The SMILES string of the molecule is CC(C)Oc1ncc(C(=O)N2CCC(c3nc4ccccc4s3)CC2)cc1Cl. The predicted molar refractivity (Wildman–Crippen MR) is 113 cm³/mol. The average molecular weight is 416 g/mol. The highest BCUT2D eigenvalue weighted by molar-refractivity contribution is 7.18. The standard InChI is InChI=1S/C21H22ClN3O2S/c1-13(2)27-19-16(22)11-15(12-23-19)21(26)25-9-7-14(8-10-25)20-24-17-5-3-4-6-18(17)28-20/h3-6,11-14H,7-10H2,1-2H3. The molecule has 0 unspecified atom stereocenters. The van der Waals surface area contributed by atoms with E-state index in [4.69, 9.17) is 21.3 Å². The van der Waals surface area contributed by atoms with Gasteiger partial charge in [0.05, 0.1) is 26.9 Å². The van der Waals surface area contributed by atoms with Gasteiger partial charge in [-0.3, -0.25) is 4.79 Å². The number of para-hydroxylation sites is 1. The number of nitrogens with zero attached hydrogens (tertiary/aromatic N) is 3. The Bertz CT molecular complexity index is 963. The lowest BCUT2D eigenvalue weighted by Crippen LogP contribution is -2.38. The third-order valence-corrected chi connectivity index (χ3v) is 6.31. The summed E-state index contributed by atoms with van der Waals surface area (Å²) in [5.74, 6) is 0.737. The monoisotopic (exact) mass is 415 g/mol. The summed E-state index contributed by atoms with van der Waals surface area (Å²) in [6.45, 7) is 5.24. The van der Waals surface area contributed by atoms with Gasteiger partial charge in [-0.1, -0.05) is 23.7 Å². The minimum atomic E-state index is -0.0340. The highest BCUT2D eigenvalue weighted by Gasteiger charge is 2.27. The summed E-state index contributed by atoms with van der Waals surface area (Å²) in [5.41, 5.74) is 1.56. The van der Waals surface area contributed by atoms with Gasteiger partial charge < -0.3 is 9.64 Å². The Kier molecular flexibility index (Phi) is 5.51. The number of piperidine rings is 1. The molecule has 0 saturated carbocycles. The number of benzene rings is 1. The second-order valence-electron chi connectivity index (χ2n) is 7.26. The van der Waals surface area contributed by atoms with Crippen molar-refractivity contribution < 1.29 is 9.53 Å². The number of carbonyl (C=O) groups is 1. The van der Waals surface area contributed by atoms with E-state index in [1.165, 1.54) is 9.71 Å². The first-order valence-electron chi connectivity index (χ1n) is 9.48. The van der Waals surface area contributed by atoms with E-state index in [-0.39, 0.29) is 12.0 Å². The molecular formula is C21H22ClN3O2S. The van der Waals surface area contributed by atoms with Crippen molar-refractivity contribution in [1.29, 1.82) is 0 Å². The first-order chi connectivity index (χ1) is 13.5. The maximum absolute atomic E-state index is 12.8. The van der Waals surface area contributed by atoms with Crippen molar-refractivity contribution in [3.05, 3.63) is 52.1 Å². The number of aromatic nitrogens is 2. The van der Waals surface area contributed by atoms with Crippen molar-refractivity contribution >= 4 is 39.1 Å². The maximum Gasteiger partial charge on any atom is 0.255 e. The Labute approximate surface area is 173 Å². The molecule has 0 atom stereocenters. The van der Waals surface area contributed by atoms with Gasteiger partial charge in [0, 0.05) is 25.2 Å². The maximum atomic E-state index is 12.8. The largest absolute Gasteiger partial charge is 0.474 e. The molecule has 0 N–H and O–H groups in total. The second-order valence-corrected chi connectivity index (χ2v) is 8.73. The summed E-state index contributed by atoms with van der Waals surface area (Å²) in [6, 6.07) is 9.87. The zero-order valence-electron chi connectivity index (χ0n) is 15.9. The van der Waals surface area contributed by atoms with E-state index in [2.05, 4.69) is 17.1 Å². The number of thiazole rings is 1. The number of rotatable bonds is 4. The van der Waals surface area contributed by atoms with E-state index in [1.807, 2.05) is 30.9 Å².